The summed E-state index contributed by atoms with van der Waals surface area (Å²) in [6.07, 6.45) is 0. The molecule has 0 bridgehead atoms. The van der Waals surface area contributed by atoms with Gasteiger partial charge in [0.25, 0.3) is 0 Å². The third-order valence-corrected chi connectivity index (χ3v) is 8.40. The average molecular weight is 473 g/mol. The van der Waals surface area contributed by atoms with Gasteiger partial charge in [-0.2, -0.15) is 0 Å². The van der Waals surface area contributed by atoms with Crippen LogP contribution in [0.1, 0.15) is 16.7 Å². The molecule has 0 radical (unpaired) electrons. The zero-order valence-corrected chi connectivity index (χ0v) is 20.1. The maximum atomic E-state index is 13.6. The van der Waals surface area contributed by atoms with Gasteiger partial charge in [-0.1, -0.05) is 90.0 Å². The lowest BCUT2D eigenvalue weighted by Gasteiger charge is -2.11. The summed E-state index contributed by atoms with van der Waals surface area (Å²) < 4.78 is 39.9. The van der Waals surface area contributed by atoms with Crippen LogP contribution in [-0.4, -0.2) is 12.6 Å². The highest BCUT2D eigenvalue weighted by atomic mass is 32.2. The Morgan fingerprint density at radius 3 is 1.76 bits per heavy atom. The van der Waals surface area contributed by atoms with Crippen LogP contribution in [-0.2, 0) is 20.6 Å². The van der Waals surface area contributed by atoms with Crippen molar-refractivity contribution in [2.75, 3.05) is 0 Å². The molecule has 1 unspecified atom stereocenters. The SMILES string of the molecule is Cc1ccc(S(=O)C(=CS(=O)(=O)c2ccc(C)cc2)c2ccc(-c3ccccc3)cc2)cc1. The Kier molecular flexibility index (Phi) is 6.72. The van der Waals surface area contributed by atoms with Crippen molar-refractivity contribution in [1.82, 2.24) is 0 Å². The minimum atomic E-state index is -3.80. The first kappa shape index (κ1) is 22.9. The molecule has 1 atom stereocenters. The molecular formula is C28H24O3S2. The summed E-state index contributed by atoms with van der Waals surface area (Å²) in [4.78, 5) is 0.976. The second kappa shape index (κ2) is 9.69. The van der Waals surface area contributed by atoms with Crippen molar-refractivity contribution in [3.63, 3.8) is 0 Å². The third kappa shape index (κ3) is 5.38. The second-order valence-electron chi connectivity index (χ2n) is 7.87. The molecule has 0 N–H and O–H groups in total. The van der Waals surface area contributed by atoms with Gasteiger partial charge >= 0.3 is 0 Å². The van der Waals surface area contributed by atoms with Crippen molar-refractivity contribution >= 4 is 25.5 Å². The summed E-state index contributed by atoms with van der Waals surface area (Å²) >= 11 is 0. The minimum Gasteiger partial charge on any atom is -0.249 e. The fourth-order valence-electron chi connectivity index (χ4n) is 3.40. The van der Waals surface area contributed by atoms with Crippen molar-refractivity contribution in [1.29, 1.82) is 0 Å². The van der Waals surface area contributed by atoms with Gasteiger partial charge in [-0.3, -0.25) is 0 Å². The van der Waals surface area contributed by atoms with Gasteiger partial charge in [0.2, 0.25) is 9.84 Å². The van der Waals surface area contributed by atoms with E-state index in [9.17, 15) is 12.6 Å². The van der Waals surface area contributed by atoms with Gasteiger partial charge in [0.15, 0.2) is 0 Å². The van der Waals surface area contributed by atoms with E-state index in [0.29, 0.717) is 10.5 Å². The van der Waals surface area contributed by atoms with E-state index < -0.39 is 20.6 Å². The number of hydrogen-bond donors (Lipinski definition) is 0. The van der Waals surface area contributed by atoms with E-state index in [4.69, 9.17) is 0 Å². The van der Waals surface area contributed by atoms with Gasteiger partial charge in [-0.25, -0.2) is 12.6 Å². The van der Waals surface area contributed by atoms with Crippen LogP contribution in [0.15, 0.2) is 118 Å². The fourth-order valence-corrected chi connectivity index (χ4v) is 6.19. The van der Waals surface area contributed by atoms with Crippen LogP contribution in [0.3, 0.4) is 0 Å². The van der Waals surface area contributed by atoms with Gasteiger partial charge < -0.3 is 0 Å². The molecule has 4 rings (SSSR count). The molecule has 3 nitrogen and oxygen atoms in total. The zero-order chi connectivity index (χ0) is 23.4. The Labute approximate surface area is 197 Å². The quantitative estimate of drug-likeness (QED) is 0.320. The number of benzene rings is 4. The molecule has 0 aliphatic heterocycles. The molecule has 4 aromatic rings. The minimum absolute atomic E-state index is 0.174. The highest BCUT2D eigenvalue weighted by Gasteiger charge is 2.19. The topological polar surface area (TPSA) is 51.2 Å². The highest BCUT2D eigenvalue weighted by Crippen LogP contribution is 2.29. The molecular weight excluding hydrogens is 448 g/mol. The van der Waals surface area contributed by atoms with E-state index in [-0.39, 0.29) is 9.80 Å². The molecule has 0 spiro atoms. The average Bonchev–Trinajstić information content (AvgIpc) is 2.84. The molecule has 0 amide bonds. The first-order valence-electron chi connectivity index (χ1n) is 10.5. The number of rotatable bonds is 6. The van der Waals surface area contributed by atoms with Crippen LogP contribution in [0.2, 0.25) is 0 Å². The first-order chi connectivity index (χ1) is 15.8. The standard InChI is InChI=1S/C28H24O3S2/c1-21-8-16-26(17-9-21)32(29)28(20-33(30,31)27-18-10-22(2)11-19-27)25-14-12-24(13-15-25)23-6-4-3-5-7-23/h3-20H,1-2H3. The molecule has 5 heteroatoms. The van der Waals surface area contributed by atoms with E-state index in [0.717, 1.165) is 27.7 Å². The van der Waals surface area contributed by atoms with Crippen molar-refractivity contribution in [2.24, 2.45) is 0 Å². The smallest absolute Gasteiger partial charge is 0.201 e. The van der Waals surface area contributed by atoms with Crippen LogP contribution in [0.4, 0.5) is 0 Å². The monoisotopic (exact) mass is 472 g/mol. The Bertz CT molecular complexity index is 1400. The summed E-state index contributed by atoms with van der Waals surface area (Å²) in [5.74, 6) is 0. The van der Waals surface area contributed by atoms with Crippen LogP contribution in [0.5, 0.6) is 0 Å². The molecule has 0 aromatic heterocycles. The first-order valence-corrected chi connectivity index (χ1v) is 13.2. The van der Waals surface area contributed by atoms with Crippen molar-refractivity contribution in [2.45, 2.75) is 23.6 Å². The van der Waals surface area contributed by atoms with Crippen molar-refractivity contribution in [3.8, 4) is 11.1 Å². The number of sulfone groups is 1. The summed E-state index contributed by atoms with van der Waals surface area (Å²) in [6.45, 7) is 3.85. The van der Waals surface area contributed by atoms with Crippen LogP contribution >= 0.6 is 0 Å². The zero-order valence-electron chi connectivity index (χ0n) is 18.4. The van der Waals surface area contributed by atoms with Gasteiger partial charge in [0, 0.05) is 4.90 Å². The van der Waals surface area contributed by atoms with Crippen molar-refractivity contribution < 1.29 is 12.6 Å². The molecule has 4 aromatic carbocycles. The number of aryl methyl sites for hydroxylation is 2. The molecule has 0 fully saturated rings. The predicted octanol–water partition coefficient (Wildman–Crippen LogP) is 6.55. The van der Waals surface area contributed by atoms with E-state index in [1.807, 2.05) is 80.6 Å². The lowest BCUT2D eigenvalue weighted by Crippen LogP contribution is -2.03. The molecule has 166 valence electrons. The van der Waals surface area contributed by atoms with E-state index in [1.54, 1.807) is 36.4 Å². The van der Waals surface area contributed by atoms with Gasteiger partial charge in [0.05, 0.1) is 26.0 Å². The maximum absolute atomic E-state index is 13.6. The second-order valence-corrected chi connectivity index (χ2v) is 11.1. The molecule has 0 saturated carbocycles. The maximum Gasteiger partial charge on any atom is 0.201 e. The molecule has 33 heavy (non-hydrogen) atoms. The van der Waals surface area contributed by atoms with Gasteiger partial charge in [0.1, 0.15) is 0 Å². The van der Waals surface area contributed by atoms with Gasteiger partial charge in [-0.15, -0.1) is 0 Å². The Morgan fingerprint density at radius 2 is 1.18 bits per heavy atom. The summed E-state index contributed by atoms with van der Waals surface area (Å²) in [5, 5.41) is 1.14. The summed E-state index contributed by atoms with van der Waals surface area (Å²) in [7, 11) is -5.48. The largest absolute Gasteiger partial charge is 0.249 e. The molecule has 0 saturated heterocycles. The van der Waals surface area contributed by atoms with Crippen molar-refractivity contribution in [3.05, 3.63) is 125 Å². The predicted molar refractivity (Wildman–Crippen MR) is 136 cm³/mol. The fraction of sp³-hybridized carbons (Fsp3) is 0.0714. The normalized spacial score (nSPS) is 13.0. The summed E-state index contributed by atoms with van der Waals surface area (Å²) in [6, 6.07) is 31.4. The third-order valence-electron chi connectivity index (χ3n) is 5.32. The lowest BCUT2D eigenvalue weighted by atomic mass is 10.0. The summed E-state index contributed by atoms with van der Waals surface area (Å²) in [5.41, 5.74) is 4.67. The number of hydrogen-bond acceptors (Lipinski definition) is 3. The van der Waals surface area contributed by atoms with E-state index in [2.05, 4.69) is 0 Å². The molecule has 0 aliphatic rings. The Balaban J connectivity index is 1.80. The van der Waals surface area contributed by atoms with E-state index in [1.165, 1.54) is 0 Å². The van der Waals surface area contributed by atoms with Crippen LogP contribution < -0.4 is 0 Å². The lowest BCUT2D eigenvalue weighted by molar-refractivity contribution is 0.604. The van der Waals surface area contributed by atoms with Gasteiger partial charge in [-0.05, 0) is 54.8 Å². The van der Waals surface area contributed by atoms with Crippen LogP contribution in [0.25, 0.3) is 16.0 Å². The Morgan fingerprint density at radius 1 is 0.667 bits per heavy atom. The highest BCUT2D eigenvalue weighted by molar-refractivity contribution is 7.99. The van der Waals surface area contributed by atoms with E-state index >= 15 is 0 Å². The van der Waals surface area contributed by atoms with Crippen LogP contribution in [0, 0.1) is 13.8 Å². The Hall–Kier alpha value is -3.28. The molecule has 0 aliphatic carbocycles. The molecule has 0 heterocycles.